The number of para-hydroxylation sites is 1. The highest BCUT2D eigenvalue weighted by atomic mass is 32.1. The first-order valence-corrected chi connectivity index (χ1v) is 8.58. The molecule has 0 aliphatic carbocycles. The zero-order valence-electron chi connectivity index (χ0n) is 14.8. The van der Waals surface area contributed by atoms with Gasteiger partial charge in [-0.2, -0.15) is 12.6 Å². The van der Waals surface area contributed by atoms with E-state index in [1.807, 2.05) is 45.9 Å². The van der Waals surface area contributed by atoms with Crippen molar-refractivity contribution < 1.29 is 19.3 Å². The van der Waals surface area contributed by atoms with Gasteiger partial charge in [0.25, 0.3) is 5.91 Å². The van der Waals surface area contributed by atoms with E-state index >= 15 is 0 Å². The highest BCUT2D eigenvalue weighted by molar-refractivity contribution is 7.80. The van der Waals surface area contributed by atoms with Crippen molar-refractivity contribution in [2.24, 2.45) is 5.16 Å². The molecule has 0 unspecified atom stereocenters. The summed E-state index contributed by atoms with van der Waals surface area (Å²) in [5.74, 6) is -0.0802. The Hall–Kier alpha value is -1.77. The number of hydrogen-bond acceptors (Lipinski definition) is 6. The van der Waals surface area contributed by atoms with Crippen molar-refractivity contribution in [2.45, 2.75) is 38.9 Å². The van der Waals surface area contributed by atoms with Crippen LogP contribution in [0.15, 0.2) is 34.9 Å². The molecule has 0 atom stereocenters. The molecule has 1 aliphatic rings. The largest absolute Gasteiger partial charge is 0.491 e. The van der Waals surface area contributed by atoms with Crippen molar-refractivity contribution in [2.75, 3.05) is 11.1 Å². The quantitative estimate of drug-likeness (QED) is 0.247. The van der Waals surface area contributed by atoms with Crippen LogP contribution >= 0.6 is 12.6 Å². The normalized spacial score (nSPS) is 19.4. The number of nitrogens with one attached hydrogen (secondary N) is 1. The molecule has 2 N–H and O–H groups in total. The van der Waals surface area contributed by atoms with Crippen molar-refractivity contribution >= 4 is 43.6 Å². The minimum absolute atomic E-state index is 0.439. The summed E-state index contributed by atoms with van der Waals surface area (Å²) in [6.45, 7) is 7.97. The van der Waals surface area contributed by atoms with Crippen LogP contribution in [0.25, 0.3) is 6.08 Å². The lowest BCUT2D eigenvalue weighted by Crippen LogP contribution is -2.41. The summed E-state index contributed by atoms with van der Waals surface area (Å²) in [5, 5.41) is 13.9. The Balaban J connectivity index is 2.30. The number of hydrogen-bond donors (Lipinski definition) is 3. The van der Waals surface area contributed by atoms with Gasteiger partial charge in [0, 0.05) is 11.4 Å². The minimum atomic E-state index is -0.522. The number of benzene rings is 1. The molecule has 1 saturated heterocycles. The average molecular weight is 362 g/mol. The maximum Gasteiger partial charge on any atom is 0.491 e. The van der Waals surface area contributed by atoms with Crippen LogP contribution in [0.1, 0.15) is 33.3 Å². The van der Waals surface area contributed by atoms with Crippen LogP contribution in [0.2, 0.25) is 0 Å². The summed E-state index contributed by atoms with van der Waals surface area (Å²) in [5.41, 5.74) is 1.33. The second kappa shape index (κ2) is 7.64. The molecule has 0 aromatic heterocycles. The fourth-order valence-electron chi connectivity index (χ4n) is 2.34. The number of amides is 1. The lowest BCUT2D eigenvalue weighted by molar-refractivity contribution is -0.110. The van der Waals surface area contributed by atoms with Crippen molar-refractivity contribution in [1.82, 2.24) is 0 Å². The molecule has 25 heavy (non-hydrogen) atoms. The Labute approximate surface area is 153 Å². The van der Waals surface area contributed by atoms with E-state index in [0.717, 1.165) is 17.3 Å². The third kappa shape index (κ3) is 4.45. The van der Waals surface area contributed by atoms with Gasteiger partial charge in [-0.05, 0) is 44.8 Å². The van der Waals surface area contributed by atoms with Gasteiger partial charge >= 0.3 is 7.12 Å². The highest BCUT2D eigenvalue weighted by Crippen LogP contribution is 2.39. The molecule has 0 spiro atoms. The summed E-state index contributed by atoms with van der Waals surface area (Å²) in [6.07, 6.45) is 2.69. The van der Waals surface area contributed by atoms with Gasteiger partial charge in [-0.15, -0.1) is 0 Å². The van der Waals surface area contributed by atoms with Gasteiger partial charge in [-0.1, -0.05) is 29.4 Å². The number of carbonyl (C=O) groups excluding carboxylic acids is 1. The van der Waals surface area contributed by atoms with Gasteiger partial charge in [0.15, 0.2) is 0 Å². The summed E-state index contributed by atoms with van der Waals surface area (Å²) in [6, 6.07) is 7.29. The molecule has 1 aromatic rings. The van der Waals surface area contributed by atoms with E-state index in [9.17, 15) is 4.79 Å². The number of anilines is 1. The third-order valence-electron chi connectivity index (χ3n) is 4.47. The first-order chi connectivity index (χ1) is 11.7. The molecule has 6 nitrogen and oxygen atoms in total. The molecule has 0 saturated carbocycles. The lowest BCUT2D eigenvalue weighted by atomic mass is 9.78. The second-order valence-electron chi connectivity index (χ2n) is 6.79. The fraction of sp³-hybridized carbons (Fsp3) is 0.412. The Kier molecular flexibility index (Phi) is 5.97. The maximum atomic E-state index is 11.6. The Morgan fingerprint density at radius 1 is 1.28 bits per heavy atom. The molecule has 1 heterocycles. The Morgan fingerprint density at radius 3 is 2.44 bits per heavy atom. The number of carbonyl (C=O) groups is 1. The average Bonchev–Trinajstić information content (AvgIpc) is 2.74. The van der Waals surface area contributed by atoms with Gasteiger partial charge in [-0.25, -0.2) is 0 Å². The lowest BCUT2D eigenvalue weighted by Gasteiger charge is -2.32. The summed E-state index contributed by atoms with van der Waals surface area (Å²) in [7, 11) is -0.509. The van der Waals surface area contributed by atoms with Crippen LogP contribution in [-0.2, 0) is 14.1 Å². The number of rotatable bonds is 5. The van der Waals surface area contributed by atoms with Crippen LogP contribution in [0, 0.1) is 0 Å². The Bertz CT molecular complexity index is 688. The van der Waals surface area contributed by atoms with E-state index in [4.69, 9.17) is 14.5 Å². The number of thiol groups is 1. The first-order valence-electron chi connectivity index (χ1n) is 7.94. The van der Waals surface area contributed by atoms with Crippen molar-refractivity contribution in [3.05, 3.63) is 35.3 Å². The van der Waals surface area contributed by atoms with E-state index in [0.29, 0.717) is 11.4 Å². The molecular formula is C17H23BN2O4S. The Morgan fingerprint density at radius 2 is 1.88 bits per heavy atom. The zero-order chi connectivity index (χ0) is 18.7. The van der Waals surface area contributed by atoms with Gasteiger partial charge in [0.1, 0.15) is 6.21 Å². The van der Waals surface area contributed by atoms with Gasteiger partial charge in [0.05, 0.1) is 11.2 Å². The van der Waals surface area contributed by atoms with Crippen LogP contribution in [0.4, 0.5) is 5.69 Å². The summed E-state index contributed by atoms with van der Waals surface area (Å²) < 4.78 is 12.1. The summed E-state index contributed by atoms with van der Waals surface area (Å²) >= 11 is 4.40. The van der Waals surface area contributed by atoms with E-state index in [1.165, 1.54) is 0 Å². The van der Waals surface area contributed by atoms with Crippen molar-refractivity contribution in [3.8, 4) is 0 Å². The van der Waals surface area contributed by atoms with Crippen molar-refractivity contribution in [3.63, 3.8) is 0 Å². The molecule has 8 heteroatoms. The topological polar surface area (TPSA) is 80.2 Å². The highest BCUT2D eigenvalue weighted by Gasteiger charge is 2.52. The maximum absolute atomic E-state index is 11.6. The fourth-order valence-corrected chi connectivity index (χ4v) is 2.58. The molecule has 1 amide bonds. The molecule has 1 aliphatic heterocycles. The third-order valence-corrected chi connectivity index (χ3v) is 4.84. The SMILES string of the molecule is CC1(C)OB(C(=Cc2ccccc2NC(=O)C=NO)CS)OC1(C)C. The molecule has 1 aromatic carbocycles. The predicted molar refractivity (Wildman–Crippen MR) is 103 cm³/mol. The molecule has 2 rings (SSSR count). The standard InChI is InChI=1S/C17H23BN2O4S/c1-16(2)17(3,4)24-18(23-16)13(11-25)9-12-7-5-6-8-14(12)20-15(21)10-19-22/h5-10,22,25H,11H2,1-4H3,(H,20,21). The van der Waals surface area contributed by atoms with Crippen LogP contribution < -0.4 is 5.32 Å². The van der Waals surface area contributed by atoms with Gasteiger partial charge in [-0.3, -0.25) is 4.79 Å². The van der Waals surface area contributed by atoms with Crippen LogP contribution in [-0.4, -0.2) is 41.4 Å². The zero-order valence-corrected chi connectivity index (χ0v) is 15.7. The van der Waals surface area contributed by atoms with E-state index in [2.05, 4.69) is 23.1 Å². The minimum Gasteiger partial charge on any atom is -0.411 e. The second-order valence-corrected chi connectivity index (χ2v) is 7.10. The van der Waals surface area contributed by atoms with Gasteiger partial charge in [0.2, 0.25) is 0 Å². The molecule has 1 fully saturated rings. The molecule has 0 bridgehead atoms. The summed E-state index contributed by atoms with van der Waals surface area (Å²) in [4.78, 5) is 11.6. The first kappa shape index (κ1) is 19.6. The van der Waals surface area contributed by atoms with E-state index < -0.39 is 24.2 Å². The van der Waals surface area contributed by atoms with Crippen LogP contribution in [0.5, 0.6) is 0 Å². The van der Waals surface area contributed by atoms with Crippen LogP contribution in [0.3, 0.4) is 0 Å². The molecule has 134 valence electrons. The smallest absolute Gasteiger partial charge is 0.411 e. The number of nitrogens with zero attached hydrogens (tertiary/aromatic N) is 1. The van der Waals surface area contributed by atoms with E-state index in [-0.39, 0.29) is 0 Å². The predicted octanol–water partition coefficient (Wildman–Crippen LogP) is 3.03. The monoisotopic (exact) mass is 362 g/mol. The van der Waals surface area contributed by atoms with Crippen molar-refractivity contribution in [1.29, 1.82) is 0 Å². The van der Waals surface area contributed by atoms with Gasteiger partial charge < -0.3 is 19.8 Å². The van der Waals surface area contributed by atoms with E-state index in [1.54, 1.807) is 12.1 Å². The molecule has 0 radical (unpaired) electrons. The number of oxime groups is 1. The molecular weight excluding hydrogens is 339 g/mol.